The first-order valence-corrected chi connectivity index (χ1v) is 17.1. The maximum atomic E-state index is 13.1. The van der Waals surface area contributed by atoms with Crippen molar-refractivity contribution in [1.82, 2.24) is 20.3 Å². The molecule has 5 rings (SSSR count). The number of hydrogen-bond acceptors (Lipinski definition) is 7. The lowest BCUT2D eigenvalue weighted by molar-refractivity contribution is -0.121. The fourth-order valence-electron chi connectivity index (χ4n) is 5.43. The van der Waals surface area contributed by atoms with E-state index >= 15 is 0 Å². The van der Waals surface area contributed by atoms with Gasteiger partial charge in [0.1, 0.15) is 0 Å². The van der Waals surface area contributed by atoms with Gasteiger partial charge in [0.2, 0.25) is 15.9 Å². The van der Waals surface area contributed by atoms with Crippen LogP contribution in [0.5, 0.6) is 0 Å². The number of rotatable bonds is 11. The van der Waals surface area contributed by atoms with Crippen LogP contribution in [0.15, 0.2) is 46.7 Å². The first-order valence-electron chi connectivity index (χ1n) is 13.7. The number of hydrogen-bond donors (Lipinski definition) is 4. The van der Waals surface area contributed by atoms with E-state index in [-0.39, 0.29) is 40.7 Å². The van der Waals surface area contributed by atoms with Gasteiger partial charge in [-0.1, -0.05) is 12.5 Å². The van der Waals surface area contributed by atoms with Crippen LogP contribution in [-0.2, 0) is 14.8 Å². The van der Waals surface area contributed by atoms with Gasteiger partial charge in [-0.3, -0.25) is 9.59 Å². The fourth-order valence-corrected chi connectivity index (χ4v) is 9.07. The number of urea groups is 1. The molecule has 0 spiro atoms. The molecular weight excluding hydrogens is 571 g/mol. The molecule has 3 aliphatic heterocycles. The van der Waals surface area contributed by atoms with Crippen LogP contribution >= 0.6 is 23.1 Å². The van der Waals surface area contributed by atoms with Crippen LogP contribution in [0, 0.1) is 5.92 Å². The minimum absolute atomic E-state index is 0.0362. The van der Waals surface area contributed by atoms with Gasteiger partial charge in [0.05, 0.1) is 21.9 Å². The van der Waals surface area contributed by atoms with Crippen molar-refractivity contribution in [3.63, 3.8) is 0 Å². The number of thioether (sulfide) groups is 1. The normalized spacial score (nSPS) is 23.3. The Morgan fingerprint density at radius 2 is 1.82 bits per heavy atom. The minimum Gasteiger partial charge on any atom is -0.356 e. The largest absolute Gasteiger partial charge is 0.356 e. The van der Waals surface area contributed by atoms with Crippen LogP contribution in [0.2, 0.25) is 0 Å². The number of fused-ring (bicyclic) bond motifs is 1. The van der Waals surface area contributed by atoms with E-state index in [4.69, 9.17) is 0 Å². The Morgan fingerprint density at radius 1 is 1.05 bits per heavy atom. The average molecular weight is 606 g/mol. The Bertz CT molecular complexity index is 1290. The Hall–Kier alpha value is -2.61. The third-order valence-electron chi connectivity index (χ3n) is 7.74. The lowest BCUT2D eigenvalue weighted by Crippen LogP contribution is -2.41. The summed E-state index contributed by atoms with van der Waals surface area (Å²) in [4.78, 5) is 36.9. The highest BCUT2D eigenvalue weighted by molar-refractivity contribution is 8.00. The van der Waals surface area contributed by atoms with Crippen LogP contribution in [0.25, 0.3) is 0 Å². The highest BCUT2D eigenvalue weighted by Gasteiger charge is 2.42. The summed E-state index contributed by atoms with van der Waals surface area (Å²) in [5.74, 6) is 1.00. The highest BCUT2D eigenvalue weighted by atomic mass is 32.2. The summed E-state index contributed by atoms with van der Waals surface area (Å²) in [6.45, 7) is 1.38. The second kappa shape index (κ2) is 12.9. The van der Waals surface area contributed by atoms with Crippen molar-refractivity contribution in [2.24, 2.45) is 5.92 Å². The van der Waals surface area contributed by atoms with Gasteiger partial charge in [-0.2, -0.15) is 16.1 Å². The van der Waals surface area contributed by atoms with Crippen molar-refractivity contribution in [3.8, 4) is 0 Å². The molecule has 4 amide bonds. The van der Waals surface area contributed by atoms with Crippen LogP contribution in [0.3, 0.4) is 0 Å². The highest BCUT2D eigenvalue weighted by Crippen LogP contribution is 2.33. The molecule has 10 nitrogen and oxygen atoms in total. The van der Waals surface area contributed by atoms with Crippen LogP contribution in [0.4, 0.5) is 10.5 Å². The van der Waals surface area contributed by atoms with E-state index in [1.807, 2.05) is 17.1 Å². The first kappa shape index (κ1) is 28.9. The van der Waals surface area contributed by atoms with Crippen molar-refractivity contribution < 1.29 is 22.8 Å². The molecule has 1 aromatic heterocycles. The number of sulfonamides is 1. The molecule has 4 N–H and O–H groups in total. The van der Waals surface area contributed by atoms with Gasteiger partial charge in [-0.25, -0.2) is 13.2 Å². The number of amides is 4. The topological polar surface area (TPSA) is 137 Å². The monoisotopic (exact) mass is 605 g/mol. The number of thiophene rings is 1. The van der Waals surface area contributed by atoms with Crippen molar-refractivity contribution in [1.29, 1.82) is 0 Å². The number of nitrogens with zero attached hydrogens (tertiary/aromatic N) is 1. The number of nitrogens with one attached hydrogen (secondary N) is 4. The molecule has 3 saturated heterocycles. The smallest absolute Gasteiger partial charge is 0.315 e. The van der Waals surface area contributed by atoms with E-state index in [0.717, 1.165) is 25.0 Å². The summed E-state index contributed by atoms with van der Waals surface area (Å²) >= 11 is 3.23. The molecule has 0 aliphatic carbocycles. The van der Waals surface area contributed by atoms with Crippen LogP contribution in [-0.4, -0.2) is 73.3 Å². The SMILES string of the molecule is O=C(CCCC[C@@H]1SC[C@@H]2NC(=O)N[C@@H]21)NCC1CCN(S(=O)(=O)c2ccc(NC(=O)c3cccs3)cc2)CC1. The summed E-state index contributed by atoms with van der Waals surface area (Å²) in [5.41, 5.74) is 0.539. The number of carbonyl (C=O) groups is 3. The molecule has 4 heterocycles. The zero-order valence-corrected chi connectivity index (χ0v) is 24.6. The van der Waals surface area contributed by atoms with E-state index in [9.17, 15) is 22.8 Å². The first-order chi connectivity index (χ1) is 19.3. The summed E-state index contributed by atoms with van der Waals surface area (Å²) < 4.78 is 27.8. The number of benzene rings is 1. The van der Waals surface area contributed by atoms with Gasteiger partial charge in [-0.15, -0.1) is 11.3 Å². The van der Waals surface area contributed by atoms with Gasteiger partial charge in [-0.05, 0) is 67.3 Å². The van der Waals surface area contributed by atoms with Gasteiger partial charge in [0.25, 0.3) is 5.91 Å². The third-order valence-corrected chi connectivity index (χ3v) is 12.0. The predicted octanol–water partition coefficient (Wildman–Crippen LogP) is 3.24. The zero-order chi connectivity index (χ0) is 28.1. The molecule has 2 aromatic rings. The molecule has 3 atom stereocenters. The molecular formula is C27H35N5O5S3. The van der Waals surface area contributed by atoms with Crippen molar-refractivity contribution in [2.45, 2.75) is 60.8 Å². The summed E-state index contributed by atoms with van der Waals surface area (Å²) in [6, 6.07) is 10.1. The number of carbonyl (C=O) groups excluding carboxylic acids is 3. The Labute approximate surface area is 243 Å². The maximum Gasteiger partial charge on any atom is 0.315 e. The molecule has 0 radical (unpaired) electrons. The number of anilines is 1. The number of piperidine rings is 1. The van der Waals surface area contributed by atoms with Gasteiger partial charge < -0.3 is 21.3 Å². The molecule has 1 aromatic carbocycles. The Balaban J connectivity index is 0.988. The molecule has 40 heavy (non-hydrogen) atoms. The molecule has 0 saturated carbocycles. The zero-order valence-electron chi connectivity index (χ0n) is 22.1. The molecule has 216 valence electrons. The van der Waals surface area contributed by atoms with Crippen LogP contribution in [0.1, 0.15) is 48.2 Å². The third kappa shape index (κ3) is 6.99. The van der Waals surface area contributed by atoms with Gasteiger partial charge >= 0.3 is 6.03 Å². The summed E-state index contributed by atoms with van der Waals surface area (Å²) in [7, 11) is -3.63. The van der Waals surface area contributed by atoms with Crippen molar-refractivity contribution >= 4 is 56.7 Å². The van der Waals surface area contributed by atoms with E-state index in [1.165, 1.54) is 27.8 Å². The van der Waals surface area contributed by atoms with E-state index < -0.39 is 10.0 Å². The van der Waals surface area contributed by atoms with Crippen molar-refractivity contribution in [3.05, 3.63) is 46.7 Å². The minimum atomic E-state index is -3.63. The Kier molecular flexibility index (Phi) is 9.34. The Morgan fingerprint density at radius 3 is 2.55 bits per heavy atom. The van der Waals surface area contributed by atoms with Gasteiger partial charge in [0.15, 0.2) is 0 Å². The quantitative estimate of drug-likeness (QED) is 0.229. The second-order valence-electron chi connectivity index (χ2n) is 10.5. The van der Waals surface area contributed by atoms with Gasteiger partial charge in [0, 0.05) is 42.7 Å². The van der Waals surface area contributed by atoms with Crippen LogP contribution < -0.4 is 21.3 Å². The van der Waals surface area contributed by atoms with E-state index in [0.29, 0.717) is 54.7 Å². The number of unbranched alkanes of at least 4 members (excludes halogenated alkanes) is 1. The molecule has 3 fully saturated rings. The fraction of sp³-hybridized carbons (Fsp3) is 0.519. The predicted molar refractivity (Wildman–Crippen MR) is 157 cm³/mol. The van der Waals surface area contributed by atoms with E-state index in [2.05, 4.69) is 21.3 Å². The molecule has 3 aliphatic rings. The molecule has 0 bridgehead atoms. The summed E-state index contributed by atoms with van der Waals surface area (Å²) in [5, 5.41) is 14.0. The summed E-state index contributed by atoms with van der Waals surface area (Å²) in [6.07, 6.45) is 4.61. The second-order valence-corrected chi connectivity index (χ2v) is 14.6. The maximum absolute atomic E-state index is 13.1. The lowest BCUT2D eigenvalue weighted by atomic mass is 9.98. The molecule has 0 unspecified atom stereocenters. The lowest BCUT2D eigenvalue weighted by Gasteiger charge is -2.31. The average Bonchev–Trinajstić information content (AvgIpc) is 3.69. The van der Waals surface area contributed by atoms with Crippen molar-refractivity contribution in [2.75, 3.05) is 30.7 Å². The standard InChI is InChI=1S/C27H35N5O5S3/c33-24(6-2-1-4-22-25-21(17-39-22)30-27(35)31-25)28-16-18-11-13-32(14-12-18)40(36,37)20-9-7-19(8-10-20)29-26(34)23-5-3-15-38-23/h3,5,7-10,15,18,21-22,25H,1-2,4,6,11-14,16-17H2,(H,28,33)(H,29,34)(H2,30,31,35)/t21-,22-,25-/m0/s1. The van der Waals surface area contributed by atoms with E-state index in [1.54, 1.807) is 24.3 Å². The molecule has 13 heteroatoms.